The summed E-state index contributed by atoms with van der Waals surface area (Å²) in [5.74, 6) is -4.45. The Hall–Kier alpha value is -6.49. The van der Waals surface area contributed by atoms with Gasteiger partial charge in [0.1, 0.15) is 11.3 Å². The van der Waals surface area contributed by atoms with E-state index in [2.05, 4.69) is 46.7 Å². The van der Waals surface area contributed by atoms with Gasteiger partial charge in [0, 0.05) is 24.9 Å². The fraction of sp³-hybridized carbons (Fsp3) is 0.255. The molecular formula is C47H45F2N5O4. The molecule has 0 bridgehead atoms. The quantitative estimate of drug-likeness (QED) is 0.0426. The van der Waals surface area contributed by atoms with Crippen LogP contribution in [0.4, 0.5) is 8.78 Å². The molecule has 0 spiro atoms. The molecule has 2 atom stereocenters. The van der Waals surface area contributed by atoms with Gasteiger partial charge in [-0.15, -0.1) is 15.0 Å². The first-order valence-corrected chi connectivity index (χ1v) is 19.6. The molecule has 11 heteroatoms. The van der Waals surface area contributed by atoms with Crippen LogP contribution in [0.1, 0.15) is 77.0 Å². The van der Waals surface area contributed by atoms with Gasteiger partial charge in [-0.1, -0.05) is 152 Å². The monoisotopic (exact) mass is 781 g/mol. The van der Waals surface area contributed by atoms with Crippen LogP contribution in [0.3, 0.4) is 0 Å². The lowest BCUT2D eigenvalue weighted by Crippen LogP contribution is -2.39. The molecule has 0 radical (unpaired) electrons. The third kappa shape index (κ3) is 8.58. The van der Waals surface area contributed by atoms with Crippen LogP contribution in [0, 0.1) is 0 Å². The highest BCUT2D eigenvalue weighted by Crippen LogP contribution is 2.40. The van der Waals surface area contributed by atoms with Gasteiger partial charge in [-0.25, -0.2) is 4.79 Å². The Morgan fingerprint density at radius 2 is 1.29 bits per heavy atom. The van der Waals surface area contributed by atoms with Crippen LogP contribution < -0.4 is 0 Å². The lowest BCUT2D eigenvalue weighted by Gasteiger charge is -2.34. The molecule has 1 aliphatic rings. The van der Waals surface area contributed by atoms with Crippen LogP contribution in [0.2, 0.25) is 0 Å². The maximum absolute atomic E-state index is 15.9. The van der Waals surface area contributed by atoms with Crippen molar-refractivity contribution in [1.29, 1.82) is 0 Å². The fourth-order valence-corrected chi connectivity index (χ4v) is 7.65. The summed E-state index contributed by atoms with van der Waals surface area (Å²) in [7, 11) is 0. The predicted octanol–water partition coefficient (Wildman–Crippen LogP) is 8.89. The summed E-state index contributed by atoms with van der Waals surface area (Å²) in [5, 5.41) is 24.3. The van der Waals surface area contributed by atoms with Crippen LogP contribution in [0.15, 0.2) is 158 Å². The van der Waals surface area contributed by atoms with Crippen LogP contribution in [-0.2, 0) is 27.4 Å². The van der Waals surface area contributed by atoms with Crippen LogP contribution >= 0.6 is 0 Å². The van der Waals surface area contributed by atoms with Gasteiger partial charge in [0.2, 0.25) is 5.91 Å². The third-order valence-corrected chi connectivity index (χ3v) is 10.6. The Labute approximate surface area is 336 Å². The van der Waals surface area contributed by atoms with E-state index in [9.17, 15) is 14.7 Å². The number of likely N-dealkylation sites (tertiary alicyclic amines) is 1. The number of aromatic nitrogens is 4. The highest BCUT2D eigenvalue weighted by Gasteiger charge is 2.44. The number of ether oxygens (including phenoxy) is 1. The Morgan fingerprint density at radius 1 is 0.759 bits per heavy atom. The number of benzene rings is 5. The van der Waals surface area contributed by atoms with E-state index in [1.165, 1.54) is 54.6 Å². The van der Waals surface area contributed by atoms with Gasteiger partial charge >= 0.3 is 11.9 Å². The summed E-state index contributed by atoms with van der Waals surface area (Å²) in [6.45, 7) is 0.466. The Balaban J connectivity index is 0.987. The van der Waals surface area contributed by atoms with Crippen molar-refractivity contribution >= 4 is 11.9 Å². The average molecular weight is 782 g/mol. The molecule has 1 saturated heterocycles. The van der Waals surface area contributed by atoms with E-state index in [1.54, 1.807) is 21.8 Å². The second-order valence-electron chi connectivity index (χ2n) is 14.4. The number of rotatable bonds is 17. The number of halogens is 2. The summed E-state index contributed by atoms with van der Waals surface area (Å²) in [4.78, 5) is 29.4. The molecule has 1 aliphatic heterocycles. The minimum absolute atomic E-state index is 0.0493. The number of esters is 1. The topological polar surface area (TPSA) is 110 Å². The van der Waals surface area contributed by atoms with Crippen molar-refractivity contribution in [2.24, 2.45) is 0 Å². The van der Waals surface area contributed by atoms with E-state index in [-0.39, 0.29) is 22.8 Å². The van der Waals surface area contributed by atoms with E-state index in [0.29, 0.717) is 31.6 Å². The molecule has 0 unspecified atom stereocenters. The number of nitrogens with zero attached hydrogens (tertiary/aromatic N) is 5. The van der Waals surface area contributed by atoms with Crippen molar-refractivity contribution in [3.63, 3.8) is 0 Å². The molecule has 9 nitrogen and oxygen atoms in total. The number of phenolic OH excluding ortho intramolecular Hbond substituents is 1. The van der Waals surface area contributed by atoms with Gasteiger partial charge in [-0.05, 0) is 59.4 Å². The van der Waals surface area contributed by atoms with Crippen LogP contribution in [0.25, 0.3) is 0 Å². The standard InChI is InChI=1S/C47H45F2N5O4/c48-47(49,38-25-13-6-14-26-38)42(58-45(57)40-27-16-17-28-41(40)55)32-30-39-31-33-44(56)53(39)34-18-2-1-15-29-43-50-52-54(51-43)46(35-19-7-3-8-20-35,36-21-9-4-10-22-36)37-23-11-5-12-24-37/h3-14,16-17,19-28,30,32,39,42,55H,1-2,15,18,29,31,33-34H2/b32-30+/t39-,42+/m0/s1. The number of unbranched alkanes of at least 4 members (excludes halogenated alkanes) is 3. The van der Waals surface area contributed by atoms with Gasteiger partial charge in [-0.2, -0.15) is 8.78 Å². The predicted molar refractivity (Wildman–Crippen MR) is 216 cm³/mol. The second kappa shape index (κ2) is 18.2. The number of tetrazole rings is 1. The van der Waals surface area contributed by atoms with Gasteiger partial charge in [0.25, 0.3) is 0 Å². The van der Waals surface area contributed by atoms with Crippen molar-refractivity contribution in [3.8, 4) is 5.75 Å². The molecule has 1 N–H and O–H groups in total. The molecular weight excluding hydrogens is 737 g/mol. The molecule has 0 saturated carbocycles. The normalized spacial score (nSPS) is 15.2. The number of carbonyl (C=O) groups excluding carboxylic acids is 2. The highest BCUT2D eigenvalue weighted by atomic mass is 19.3. The minimum Gasteiger partial charge on any atom is -0.507 e. The number of aryl methyl sites for hydroxylation is 1. The number of hydrogen-bond acceptors (Lipinski definition) is 7. The van der Waals surface area contributed by atoms with Crippen molar-refractivity contribution in [1.82, 2.24) is 25.1 Å². The number of hydrogen-bond donors (Lipinski definition) is 1. The number of alkyl halides is 2. The first-order valence-electron chi connectivity index (χ1n) is 19.6. The number of carbonyl (C=O) groups is 2. The zero-order valence-corrected chi connectivity index (χ0v) is 32.0. The summed E-state index contributed by atoms with van der Waals surface area (Å²) in [6, 6.07) is 42.9. The molecule has 1 fully saturated rings. The third-order valence-electron chi connectivity index (χ3n) is 10.6. The number of amides is 1. The molecule has 5 aromatic carbocycles. The minimum atomic E-state index is -3.59. The first-order chi connectivity index (χ1) is 28.3. The van der Waals surface area contributed by atoms with Gasteiger partial charge < -0.3 is 14.7 Å². The number of aromatic hydroxyl groups is 1. The van der Waals surface area contributed by atoms with Crippen molar-refractivity contribution in [2.75, 3.05) is 6.54 Å². The average Bonchev–Trinajstić information content (AvgIpc) is 3.88. The zero-order chi connectivity index (χ0) is 40.4. The van der Waals surface area contributed by atoms with E-state index >= 15 is 8.78 Å². The van der Waals surface area contributed by atoms with Gasteiger partial charge in [-0.3, -0.25) is 4.79 Å². The van der Waals surface area contributed by atoms with Crippen molar-refractivity contribution in [2.45, 2.75) is 68.6 Å². The SMILES string of the molecule is O=C(O[C@H](/C=C/[C@H]1CCC(=O)N1CCCCCCc1nnn(C(c2ccccc2)(c2ccccc2)c2ccccc2)n1)C(F)(F)c1ccccc1)c1ccccc1O. The summed E-state index contributed by atoms with van der Waals surface area (Å²) >= 11 is 0. The van der Waals surface area contributed by atoms with Crippen molar-refractivity contribution in [3.05, 3.63) is 191 Å². The first kappa shape index (κ1) is 39.7. The summed E-state index contributed by atoms with van der Waals surface area (Å²) in [6.07, 6.45) is 5.35. The molecule has 7 rings (SSSR count). The highest BCUT2D eigenvalue weighted by molar-refractivity contribution is 5.92. The second-order valence-corrected chi connectivity index (χ2v) is 14.4. The zero-order valence-electron chi connectivity index (χ0n) is 32.0. The van der Waals surface area contributed by atoms with Crippen LogP contribution in [-0.4, -0.2) is 60.8 Å². The largest absolute Gasteiger partial charge is 0.507 e. The Kier molecular flexibility index (Phi) is 12.5. The molecule has 1 aromatic heterocycles. The van der Waals surface area contributed by atoms with Gasteiger partial charge in [0.15, 0.2) is 17.5 Å². The van der Waals surface area contributed by atoms with Crippen molar-refractivity contribution < 1.29 is 28.2 Å². The Morgan fingerprint density at radius 3 is 1.88 bits per heavy atom. The maximum Gasteiger partial charge on any atom is 0.342 e. The molecule has 6 aromatic rings. The summed E-state index contributed by atoms with van der Waals surface area (Å²) in [5.41, 5.74) is 1.64. The van der Waals surface area contributed by atoms with E-state index in [0.717, 1.165) is 42.4 Å². The maximum atomic E-state index is 15.9. The molecule has 296 valence electrons. The van der Waals surface area contributed by atoms with Crippen LogP contribution in [0.5, 0.6) is 5.75 Å². The van der Waals surface area contributed by atoms with E-state index in [1.807, 2.05) is 54.6 Å². The lowest BCUT2D eigenvalue weighted by atomic mass is 9.77. The lowest BCUT2D eigenvalue weighted by molar-refractivity contribution is -0.128. The van der Waals surface area contributed by atoms with E-state index in [4.69, 9.17) is 9.84 Å². The summed E-state index contributed by atoms with van der Waals surface area (Å²) < 4.78 is 37.1. The fourth-order valence-electron chi connectivity index (χ4n) is 7.65. The van der Waals surface area contributed by atoms with Gasteiger partial charge in [0.05, 0.1) is 6.04 Å². The number of para-hydroxylation sites is 1. The molecule has 2 heterocycles. The Bertz CT molecular complexity index is 2190. The molecule has 58 heavy (non-hydrogen) atoms. The number of phenols is 1. The molecule has 1 amide bonds. The molecule has 0 aliphatic carbocycles. The smallest absolute Gasteiger partial charge is 0.342 e. The van der Waals surface area contributed by atoms with E-state index < -0.39 is 29.6 Å².